The van der Waals surface area contributed by atoms with E-state index in [1.165, 1.54) is 0 Å². The quantitative estimate of drug-likeness (QED) is 0.721. The topological polar surface area (TPSA) is 58.2 Å². The van der Waals surface area contributed by atoms with E-state index in [2.05, 4.69) is 5.32 Å². The monoisotopic (exact) mass is 324 g/mol. The minimum absolute atomic E-state index is 0.459. The molecule has 0 amide bonds. The van der Waals surface area contributed by atoms with Crippen LogP contribution in [0.15, 0.2) is 24.3 Å². The Morgan fingerprint density at radius 1 is 1.19 bits per heavy atom. The lowest BCUT2D eigenvalue weighted by Gasteiger charge is -2.10. The summed E-state index contributed by atoms with van der Waals surface area (Å²) in [7, 11) is -4.00. The molecule has 0 saturated carbocycles. The van der Waals surface area contributed by atoms with Gasteiger partial charge in [0.25, 0.3) is 0 Å². The predicted octanol–water partition coefficient (Wildman–Crippen LogP) is 2.17. The van der Waals surface area contributed by atoms with Gasteiger partial charge < -0.3 is 5.32 Å². The van der Waals surface area contributed by atoms with E-state index in [-0.39, 0.29) is 0 Å². The van der Waals surface area contributed by atoms with Gasteiger partial charge in [0.2, 0.25) is 10.0 Å². The van der Waals surface area contributed by atoms with Gasteiger partial charge in [0.1, 0.15) is 6.54 Å². The van der Waals surface area contributed by atoms with Crippen LogP contribution in [-0.4, -0.2) is 27.7 Å². The number of hydrogen-bond donors (Lipinski definition) is 2. The fourth-order valence-electron chi connectivity index (χ4n) is 1.70. The van der Waals surface area contributed by atoms with Crippen LogP contribution in [0, 0.1) is 0 Å². The summed E-state index contributed by atoms with van der Waals surface area (Å²) >= 11 is 0. The molecular weight excluding hydrogens is 305 g/mol. The van der Waals surface area contributed by atoms with Gasteiger partial charge in [-0.3, -0.25) is 0 Å². The Labute approximate surface area is 122 Å². The van der Waals surface area contributed by atoms with Gasteiger partial charge in [-0.1, -0.05) is 31.2 Å². The summed E-state index contributed by atoms with van der Waals surface area (Å²) in [6, 6.07) is 6.78. The smallest absolute Gasteiger partial charge is 0.313 e. The van der Waals surface area contributed by atoms with E-state index in [1.807, 2.05) is 13.0 Å². The molecule has 2 N–H and O–H groups in total. The average molecular weight is 324 g/mol. The van der Waals surface area contributed by atoms with Gasteiger partial charge in [-0.2, -0.15) is 13.2 Å². The van der Waals surface area contributed by atoms with Crippen molar-refractivity contribution in [3.63, 3.8) is 0 Å². The first-order valence-corrected chi connectivity index (χ1v) is 8.20. The highest BCUT2D eigenvalue weighted by Gasteiger charge is 2.29. The first-order valence-electron chi connectivity index (χ1n) is 6.54. The van der Waals surface area contributed by atoms with Crippen molar-refractivity contribution in [1.82, 2.24) is 10.0 Å². The molecule has 120 valence electrons. The minimum atomic E-state index is -4.56. The number of sulfonamides is 1. The van der Waals surface area contributed by atoms with Crippen molar-refractivity contribution in [3.05, 3.63) is 35.4 Å². The molecule has 0 atom stereocenters. The second-order valence-electron chi connectivity index (χ2n) is 4.69. The predicted molar refractivity (Wildman–Crippen MR) is 75.1 cm³/mol. The molecule has 0 aliphatic carbocycles. The van der Waals surface area contributed by atoms with E-state index in [4.69, 9.17) is 0 Å². The largest absolute Gasteiger partial charge is 0.402 e. The molecule has 4 nitrogen and oxygen atoms in total. The van der Waals surface area contributed by atoms with E-state index >= 15 is 0 Å². The van der Waals surface area contributed by atoms with E-state index in [9.17, 15) is 21.6 Å². The van der Waals surface area contributed by atoms with Gasteiger partial charge in [-0.25, -0.2) is 13.1 Å². The van der Waals surface area contributed by atoms with Gasteiger partial charge in [-0.05, 0) is 24.1 Å². The second-order valence-corrected chi connectivity index (χ2v) is 6.50. The molecule has 0 radical (unpaired) electrons. The molecular formula is C13H19F3N2O2S. The number of halogens is 3. The van der Waals surface area contributed by atoms with Crippen LogP contribution < -0.4 is 10.0 Å². The minimum Gasteiger partial charge on any atom is -0.313 e. The molecule has 0 fully saturated rings. The van der Waals surface area contributed by atoms with Crippen molar-refractivity contribution >= 4 is 10.0 Å². The summed E-state index contributed by atoms with van der Waals surface area (Å²) in [5.41, 5.74) is 1.35. The third-order valence-electron chi connectivity index (χ3n) is 2.60. The molecule has 0 aliphatic heterocycles. The van der Waals surface area contributed by atoms with Gasteiger partial charge in [0.15, 0.2) is 0 Å². The number of nitrogens with one attached hydrogen (secondary N) is 2. The highest BCUT2D eigenvalue weighted by molar-refractivity contribution is 7.88. The molecule has 0 spiro atoms. The normalized spacial score (nSPS) is 12.6. The van der Waals surface area contributed by atoms with Crippen molar-refractivity contribution in [3.8, 4) is 0 Å². The molecule has 8 heteroatoms. The Morgan fingerprint density at radius 3 is 2.48 bits per heavy atom. The third-order valence-corrected chi connectivity index (χ3v) is 3.89. The molecule has 0 aromatic heterocycles. The van der Waals surface area contributed by atoms with Gasteiger partial charge in [0, 0.05) is 6.54 Å². The molecule has 1 rings (SSSR count). The van der Waals surface area contributed by atoms with Crippen LogP contribution in [0.4, 0.5) is 13.2 Å². The van der Waals surface area contributed by atoms with Crippen LogP contribution >= 0.6 is 0 Å². The molecule has 21 heavy (non-hydrogen) atoms. The first-order chi connectivity index (χ1) is 9.72. The van der Waals surface area contributed by atoms with Crippen LogP contribution in [-0.2, 0) is 22.3 Å². The molecule has 0 saturated heterocycles. The Kier molecular flexibility index (Phi) is 6.63. The third kappa shape index (κ3) is 8.03. The van der Waals surface area contributed by atoms with E-state index < -0.39 is 28.5 Å². The Balaban J connectivity index is 2.63. The second kappa shape index (κ2) is 7.77. The van der Waals surface area contributed by atoms with Gasteiger partial charge in [0.05, 0.1) is 5.75 Å². The molecule has 0 bridgehead atoms. The zero-order valence-electron chi connectivity index (χ0n) is 11.7. The first kappa shape index (κ1) is 17.9. The Hall–Kier alpha value is -1.12. The zero-order chi connectivity index (χ0) is 15.9. The van der Waals surface area contributed by atoms with Crippen LogP contribution in [0.25, 0.3) is 0 Å². The summed E-state index contributed by atoms with van der Waals surface area (Å²) in [4.78, 5) is 0. The maximum absolute atomic E-state index is 12.0. The van der Waals surface area contributed by atoms with Crippen LogP contribution in [0.5, 0.6) is 0 Å². The summed E-state index contributed by atoms with van der Waals surface area (Å²) in [6.45, 7) is 1.92. The Morgan fingerprint density at radius 2 is 1.86 bits per heavy atom. The van der Waals surface area contributed by atoms with Gasteiger partial charge >= 0.3 is 6.18 Å². The lowest BCUT2D eigenvalue weighted by molar-refractivity contribution is -0.121. The maximum Gasteiger partial charge on any atom is 0.402 e. The van der Waals surface area contributed by atoms with E-state index in [0.717, 1.165) is 18.5 Å². The van der Waals surface area contributed by atoms with Crippen molar-refractivity contribution in [2.45, 2.75) is 31.8 Å². The molecule has 0 aliphatic rings. The standard InChI is InChI=1S/C13H19F3N2O2S/c1-2-6-17-8-11-4-3-5-12(7-11)9-21(19,20)18-10-13(14,15)16/h3-5,7,17-18H,2,6,8-10H2,1H3. The van der Waals surface area contributed by atoms with Crippen LogP contribution in [0.3, 0.4) is 0 Å². The number of benzene rings is 1. The highest BCUT2D eigenvalue weighted by atomic mass is 32.2. The zero-order valence-corrected chi connectivity index (χ0v) is 12.5. The summed E-state index contributed by atoms with van der Waals surface area (Å²) in [6.07, 6.45) is -3.57. The lowest BCUT2D eigenvalue weighted by atomic mass is 10.1. The summed E-state index contributed by atoms with van der Waals surface area (Å²) in [5.74, 6) is -0.468. The molecule has 1 aromatic carbocycles. The Bertz CT molecular complexity index is 545. The number of alkyl halides is 3. The van der Waals surface area contributed by atoms with Crippen molar-refractivity contribution < 1.29 is 21.6 Å². The van der Waals surface area contributed by atoms with E-state index in [0.29, 0.717) is 12.1 Å². The SMILES string of the molecule is CCCNCc1cccc(CS(=O)(=O)NCC(F)(F)F)c1. The average Bonchev–Trinajstić information content (AvgIpc) is 2.36. The maximum atomic E-state index is 12.0. The molecule has 1 aromatic rings. The number of rotatable bonds is 8. The fourth-order valence-corrected chi connectivity index (χ4v) is 2.81. The van der Waals surface area contributed by atoms with Gasteiger partial charge in [-0.15, -0.1) is 0 Å². The molecule has 0 heterocycles. The highest BCUT2D eigenvalue weighted by Crippen LogP contribution is 2.14. The molecule has 0 unspecified atom stereocenters. The van der Waals surface area contributed by atoms with Crippen LogP contribution in [0.1, 0.15) is 24.5 Å². The lowest BCUT2D eigenvalue weighted by Crippen LogP contribution is -2.34. The summed E-state index contributed by atoms with van der Waals surface area (Å²) in [5, 5.41) is 3.17. The van der Waals surface area contributed by atoms with Crippen LogP contribution in [0.2, 0.25) is 0 Å². The fraction of sp³-hybridized carbons (Fsp3) is 0.538. The number of hydrogen-bond acceptors (Lipinski definition) is 3. The summed E-state index contributed by atoms with van der Waals surface area (Å²) < 4.78 is 60.8. The van der Waals surface area contributed by atoms with Crippen molar-refractivity contribution in [2.75, 3.05) is 13.1 Å². The van der Waals surface area contributed by atoms with E-state index in [1.54, 1.807) is 22.9 Å². The van der Waals surface area contributed by atoms with Crippen molar-refractivity contribution in [1.29, 1.82) is 0 Å². The van der Waals surface area contributed by atoms with Crippen molar-refractivity contribution in [2.24, 2.45) is 0 Å².